The van der Waals surface area contributed by atoms with Crippen molar-refractivity contribution in [3.05, 3.63) is 47.6 Å². The van der Waals surface area contributed by atoms with Crippen LogP contribution in [0.5, 0.6) is 0 Å². The van der Waals surface area contributed by atoms with E-state index in [4.69, 9.17) is 4.52 Å². The number of nitrogens with one attached hydrogen (secondary N) is 1. The molecule has 1 N–H and O–H groups in total. The van der Waals surface area contributed by atoms with E-state index in [9.17, 15) is 9.18 Å². The number of para-hydroxylation sites is 1. The Balaban J connectivity index is 1.76. The van der Waals surface area contributed by atoms with Gasteiger partial charge in [-0.15, -0.1) is 0 Å². The molecule has 1 saturated heterocycles. The van der Waals surface area contributed by atoms with Gasteiger partial charge < -0.3 is 14.7 Å². The Labute approximate surface area is 121 Å². The fraction of sp³-hybridized carbons (Fsp3) is 0.333. The maximum Gasteiger partial charge on any atom is 0.322 e. The number of nitrogens with zero attached hydrogens (tertiary/aromatic N) is 2. The minimum atomic E-state index is -0.445. The lowest BCUT2D eigenvalue weighted by Crippen LogP contribution is -2.34. The molecule has 3 rings (SSSR count). The Morgan fingerprint density at radius 2 is 2.29 bits per heavy atom. The van der Waals surface area contributed by atoms with Crippen LogP contribution in [0.4, 0.5) is 14.9 Å². The molecule has 1 unspecified atom stereocenters. The van der Waals surface area contributed by atoms with Gasteiger partial charge in [-0.1, -0.05) is 17.3 Å². The zero-order valence-corrected chi connectivity index (χ0v) is 11.7. The SMILES string of the molecule is Cc1cc(C2CCCN2C(=O)Nc2ccccc2F)no1. The van der Waals surface area contributed by atoms with Crippen LogP contribution in [-0.2, 0) is 0 Å². The molecule has 1 aromatic carbocycles. The zero-order chi connectivity index (χ0) is 14.8. The van der Waals surface area contributed by atoms with Crippen molar-refractivity contribution >= 4 is 11.7 Å². The van der Waals surface area contributed by atoms with E-state index < -0.39 is 5.82 Å². The lowest BCUT2D eigenvalue weighted by atomic mass is 10.1. The topological polar surface area (TPSA) is 58.4 Å². The van der Waals surface area contributed by atoms with E-state index in [1.54, 1.807) is 23.1 Å². The Morgan fingerprint density at radius 3 is 3.00 bits per heavy atom. The summed E-state index contributed by atoms with van der Waals surface area (Å²) in [5.41, 5.74) is 0.929. The smallest absolute Gasteiger partial charge is 0.322 e. The number of aryl methyl sites for hydroxylation is 1. The predicted octanol–water partition coefficient (Wildman–Crippen LogP) is 3.49. The number of carbonyl (C=O) groups is 1. The van der Waals surface area contributed by atoms with Crippen LogP contribution in [0, 0.1) is 12.7 Å². The molecule has 2 amide bonds. The number of likely N-dealkylation sites (tertiary alicyclic amines) is 1. The van der Waals surface area contributed by atoms with E-state index in [2.05, 4.69) is 10.5 Å². The van der Waals surface area contributed by atoms with Crippen LogP contribution in [0.3, 0.4) is 0 Å². The Hall–Kier alpha value is -2.37. The average molecular weight is 289 g/mol. The fourth-order valence-corrected chi connectivity index (χ4v) is 2.61. The second-order valence-electron chi connectivity index (χ2n) is 5.12. The third-order valence-electron chi connectivity index (χ3n) is 3.62. The highest BCUT2D eigenvalue weighted by Crippen LogP contribution is 2.32. The van der Waals surface area contributed by atoms with Crippen molar-refractivity contribution in [1.29, 1.82) is 0 Å². The van der Waals surface area contributed by atoms with Crippen LogP contribution >= 0.6 is 0 Å². The molecule has 21 heavy (non-hydrogen) atoms. The van der Waals surface area contributed by atoms with E-state index in [0.717, 1.165) is 18.5 Å². The Morgan fingerprint density at radius 1 is 1.48 bits per heavy atom. The molecule has 0 spiro atoms. The van der Waals surface area contributed by atoms with Crippen molar-refractivity contribution in [2.24, 2.45) is 0 Å². The molecule has 6 heteroatoms. The number of halogens is 1. The molecule has 2 heterocycles. The summed E-state index contributed by atoms with van der Waals surface area (Å²) in [4.78, 5) is 14.0. The number of benzene rings is 1. The molecule has 0 aliphatic carbocycles. The van der Waals surface area contributed by atoms with Gasteiger partial charge in [0.05, 0.1) is 11.7 Å². The van der Waals surface area contributed by atoms with Gasteiger partial charge in [-0.05, 0) is 31.9 Å². The lowest BCUT2D eigenvalue weighted by Gasteiger charge is -2.23. The first-order chi connectivity index (χ1) is 10.1. The van der Waals surface area contributed by atoms with Gasteiger partial charge >= 0.3 is 6.03 Å². The number of carbonyl (C=O) groups excluding carboxylic acids is 1. The second-order valence-corrected chi connectivity index (χ2v) is 5.12. The van der Waals surface area contributed by atoms with E-state index in [-0.39, 0.29) is 17.8 Å². The lowest BCUT2D eigenvalue weighted by molar-refractivity contribution is 0.204. The standard InChI is InChI=1S/C15H16FN3O2/c1-10-9-13(18-21-10)14-7-4-8-19(14)15(20)17-12-6-3-2-5-11(12)16/h2-3,5-6,9,14H,4,7-8H2,1H3,(H,17,20). The molecular weight excluding hydrogens is 273 g/mol. The van der Waals surface area contributed by atoms with Crippen LogP contribution in [0.25, 0.3) is 0 Å². The third kappa shape index (κ3) is 2.74. The van der Waals surface area contributed by atoms with E-state index >= 15 is 0 Å². The molecule has 1 aliphatic heterocycles. The third-order valence-corrected chi connectivity index (χ3v) is 3.62. The summed E-state index contributed by atoms with van der Waals surface area (Å²) >= 11 is 0. The molecule has 110 valence electrons. The first-order valence-corrected chi connectivity index (χ1v) is 6.90. The Bertz CT molecular complexity index is 656. The molecule has 1 aliphatic rings. The van der Waals surface area contributed by atoms with Crippen molar-refractivity contribution in [2.45, 2.75) is 25.8 Å². The average Bonchev–Trinajstić information content (AvgIpc) is 3.09. The molecule has 5 nitrogen and oxygen atoms in total. The summed E-state index contributed by atoms with van der Waals surface area (Å²) in [5, 5.41) is 6.60. The zero-order valence-electron chi connectivity index (χ0n) is 11.7. The van der Waals surface area contributed by atoms with Gasteiger partial charge in [0.2, 0.25) is 0 Å². The number of aromatic nitrogens is 1. The van der Waals surface area contributed by atoms with Gasteiger partial charge in [0.25, 0.3) is 0 Å². The largest absolute Gasteiger partial charge is 0.361 e. The summed E-state index contributed by atoms with van der Waals surface area (Å²) in [6.07, 6.45) is 1.72. The van der Waals surface area contributed by atoms with Crippen LogP contribution in [0.1, 0.15) is 30.3 Å². The normalized spacial score (nSPS) is 18.0. The van der Waals surface area contributed by atoms with Gasteiger partial charge in [0.15, 0.2) is 0 Å². The summed E-state index contributed by atoms with van der Waals surface area (Å²) in [6.45, 7) is 2.44. The molecule has 1 atom stereocenters. The highest BCUT2D eigenvalue weighted by atomic mass is 19.1. The monoisotopic (exact) mass is 289 g/mol. The van der Waals surface area contributed by atoms with Crippen molar-refractivity contribution in [3.63, 3.8) is 0 Å². The van der Waals surface area contributed by atoms with E-state index in [0.29, 0.717) is 12.3 Å². The quantitative estimate of drug-likeness (QED) is 0.920. The highest BCUT2D eigenvalue weighted by molar-refractivity contribution is 5.89. The Kier molecular flexibility index (Phi) is 3.60. The van der Waals surface area contributed by atoms with Gasteiger partial charge in [-0.25, -0.2) is 9.18 Å². The predicted molar refractivity (Wildman–Crippen MR) is 75.3 cm³/mol. The van der Waals surface area contributed by atoms with E-state index in [1.165, 1.54) is 6.07 Å². The summed E-state index contributed by atoms with van der Waals surface area (Å²) in [6, 6.07) is 7.52. The maximum atomic E-state index is 13.6. The number of hydrogen-bond donors (Lipinski definition) is 1. The minimum absolute atomic E-state index is 0.116. The minimum Gasteiger partial charge on any atom is -0.361 e. The summed E-state index contributed by atoms with van der Waals surface area (Å²) in [7, 11) is 0. The van der Waals surface area contributed by atoms with Crippen molar-refractivity contribution in [1.82, 2.24) is 10.1 Å². The number of amides is 2. The molecular formula is C15H16FN3O2. The molecule has 0 bridgehead atoms. The van der Waals surface area contributed by atoms with Crippen molar-refractivity contribution in [3.8, 4) is 0 Å². The maximum absolute atomic E-state index is 13.6. The molecule has 1 fully saturated rings. The number of anilines is 1. The fourth-order valence-electron chi connectivity index (χ4n) is 2.61. The van der Waals surface area contributed by atoms with E-state index in [1.807, 2.05) is 13.0 Å². The van der Waals surface area contributed by atoms with Crippen LogP contribution in [0.15, 0.2) is 34.9 Å². The van der Waals surface area contributed by atoms with Crippen LogP contribution in [0.2, 0.25) is 0 Å². The van der Waals surface area contributed by atoms with Gasteiger partial charge in [-0.2, -0.15) is 0 Å². The number of urea groups is 1. The summed E-state index contributed by atoms with van der Waals surface area (Å²) < 4.78 is 18.7. The molecule has 2 aromatic rings. The van der Waals surface area contributed by atoms with Gasteiger partial charge in [0, 0.05) is 12.6 Å². The summed E-state index contributed by atoms with van der Waals surface area (Å²) in [5.74, 6) is 0.269. The first kappa shape index (κ1) is 13.6. The molecule has 0 saturated carbocycles. The first-order valence-electron chi connectivity index (χ1n) is 6.90. The number of rotatable bonds is 2. The number of hydrogen-bond acceptors (Lipinski definition) is 3. The van der Waals surface area contributed by atoms with Crippen molar-refractivity contribution in [2.75, 3.05) is 11.9 Å². The molecule has 1 aromatic heterocycles. The van der Waals surface area contributed by atoms with Crippen molar-refractivity contribution < 1.29 is 13.7 Å². The highest BCUT2D eigenvalue weighted by Gasteiger charge is 2.32. The second kappa shape index (κ2) is 5.55. The van der Waals surface area contributed by atoms with Gasteiger partial charge in [-0.3, -0.25) is 0 Å². The van der Waals surface area contributed by atoms with Crippen LogP contribution in [-0.4, -0.2) is 22.6 Å². The van der Waals surface area contributed by atoms with Gasteiger partial charge in [0.1, 0.15) is 17.3 Å². The van der Waals surface area contributed by atoms with Crippen LogP contribution < -0.4 is 5.32 Å². The molecule has 0 radical (unpaired) electrons.